The quantitative estimate of drug-likeness (QED) is 0.445. The summed E-state index contributed by atoms with van der Waals surface area (Å²) in [7, 11) is -0.842. The molecule has 0 saturated carbocycles. The highest BCUT2D eigenvalue weighted by Crippen LogP contribution is 2.34. The van der Waals surface area contributed by atoms with Gasteiger partial charge in [-0.15, -0.1) is 0 Å². The van der Waals surface area contributed by atoms with Gasteiger partial charge in [-0.3, -0.25) is 9.40 Å². The van der Waals surface area contributed by atoms with Gasteiger partial charge in [-0.2, -0.15) is 10.2 Å². The third kappa shape index (κ3) is 3.94. The molecule has 0 unspecified atom stereocenters. The number of nitrogens with zero attached hydrogens (tertiary/aromatic N) is 7. The van der Waals surface area contributed by atoms with Gasteiger partial charge < -0.3 is 9.64 Å². The van der Waals surface area contributed by atoms with Crippen molar-refractivity contribution in [2.45, 2.75) is 25.2 Å². The Hall–Kier alpha value is -3.67. The fraction of sp³-hybridized carbons (Fsp3) is 0.364. The van der Waals surface area contributed by atoms with E-state index in [1.165, 1.54) is 24.2 Å². The summed E-state index contributed by atoms with van der Waals surface area (Å²) in [5.41, 5.74) is 2.07. The van der Waals surface area contributed by atoms with E-state index in [9.17, 15) is 8.42 Å². The zero-order valence-electron chi connectivity index (χ0n) is 19.4. The van der Waals surface area contributed by atoms with Gasteiger partial charge in [0.25, 0.3) is 10.0 Å². The Kier molecular flexibility index (Phi) is 5.19. The smallest absolute Gasteiger partial charge is 0.265 e. The number of anilines is 2. The van der Waals surface area contributed by atoms with Gasteiger partial charge in [-0.25, -0.2) is 23.1 Å². The molecule has 0 bridgehead atoms. The number of ether oxygens (including phenoxy) is 1. The van der Waals surface area contributed by atoms with E-state index in [4.69, 9.17) is 4.74 Å². The van der Waals surface area contributed by atoms with Crippen LogP contribution in [-0.2, 0) is 17.1 Å². The standard InChI is InChI=1S/C22H26N8O3S/c1-22(2)6-8-29(14-22)16-5-7-23-18(9-16)30-13-17(12-26-30)34(31,32)27-19-20-15(11-25-28(20)3)10-24-21(19)33-4/h5,7,9-13,27H,6,8,14H2,1-4H3. The zero-order chi connectivity index (χ0) is 24.1. The molecular weight excluding hydrogens is 456 g/mol. The van der Waals surface area contributed by atoms with Crippen LogP contribution in [0.15, 0.2) is 48.0 Å². The SMILES string of the molecule is COc1ncc2cnn(C)c2c1NS(=O)(=O)c1cnn(-c2cc(N3CCC(C)(C)C3)ccn2)c1. The van der Waals surface area contributed by atoms with Gasteiger partial charge in [0, 0.05) is 49.7 Å². The third-order valence-corrected chi connectivity index (χ3v) is 7.35. The van der Waals surface area contributed by atoms with E-state index in [0.717, 1.165) is 25.2 Å². The van der Waals surface area contributed by atoms with Crippen molar-refractivity contribution in [3.8, 4) is 11.7 Å². The summed E-state index contributed by atoms with van der Waals surface area (Å²) in [6.07, 6.45) is 8.74. The number of aromatic nitrogens is 6. The summed E-state index contributed by atoms with van der Waals surface area (Å²) in [5.74, 6) is 0.687. The van der Waals surface area contributed by atoms with Crippen LogP contribution in [0.3, 0.4) is 0 Å². The van der Waals surface area contributed by atoms with E-state index in [0.29, 0.717) is 16.7 Å². The molecule has 12 heteroatoms. The Morgan fingerprint density at radius 3 is 2.71 bits per heavy atom. The lowest BCUT2D eigenvalue weighted by Gasteiger charge is -2.21. The van der Waals surface area contributed by atoms with Gasteiger partial charge >= 0.3 is 0 Å². The van der Waals surface area contributed by atoms with E-state index >= 15 is 0 Å². The first kappa shape index (κ1) is 22.1. The van der Waals surface area contributed by atoms with Crippen molar-refractivity contribution in [2.24, 2.45) is 12.5 Å². The van der Waals surface area contributed by atoms with Gasteiger partial charge in [-0.05, 0) is 17.9 Å². The predicted octanol–water partition coefficient (Wildman–Crippen LogP) is 2.59. The van der Waals surface area contributed by atoms with Crippen LogP contribution in [0, 0.1) is 5.41 Å². The van der Waals surface area contributed by atoms with Crippen molar-refractivity contribution in [1.82, 2.24) is 29.5 Å². The molecule has 1 aliphatic heterocycles. The van der Waals surface area contributed by atoms with Crippen LogP contribution in [0.25, 0.3) is 16.7 Å². The molecule has 1 N–H and O–H groups in total. The lowest BCUT2D eigenvalue weighted by atomic mass is 9.93. The van der Waals surface area contributed by atoms with Crippen LogP contribution in [0.2, 0.25) is 0 Å². The second kappa shape index (κ2) is 7.97. The van der Waals surface area contributed by atoms with Gasteiger partial charge in [0.15, 0.2) is 5.82 Å². The Bertz CT molecular complexity index is 1470. The molecule has 1 aliphatic rings. The maximum absolute atomic E-state index is 13.2. The third-order valence-electron chi connectivity index (χ3n) is 6.04. The van der Waals surface area contributed by atoms with Gasteiger partial charge in [0.1, 0.15) is 10.6 Å². The average molecular weight is 483 g/mol. The molecule has 0 radical (unpaired) electrons. The molecule has 0 spiro atoms. The number of methoxy groups -OCH3 is 1. The van der Waals surface area contributed by atoms with Crippen LogP contribution in [-0.4, -0.2) is 58.1 Å². The molecule has 0 atom stereocenters. The highest BCUT2D eigenvalue weighted by molar-refractivity contribution is 7.92. The van der Waals surface area contributed by atoms with E-state index in [2.05, 4.69) is 43.6 Å². The summed E-state index contributed by atoms with van der Waals surface area (Å²) in [4.78, 5) is 10.9. The number of aryl methyl sites for hydroxylation is 1. The molecule has 11 nitrogen and oxygen atoms in total. The molecule has 0 aliphatic carbocycles. The van der Waals surface area contributed by atoms with Gasteiger partial charge in [-0.1, -0.05) is 13.8 Å². The Balaban J connectivity index is 1.45. The average Bonchev–Trinajstić information content (AvgIpc) is 3.53. The number of pyridine rings is 2. The summed E-state index contributed by atoms with van der Waals surface area (Å²) in [6, 6.07) is 3.88. The minimum Gasteiger partial charge on any atom is -0.479 e. The lowest BCUT2D eigenvalue weighted by Crippen LogP contribution is -2.22. The van der Waals surface area contributed by atoms with Crippen LogP contribution in [0.5, 0.6) is 5.88 Å². The Labute approximate surface area is 197 Å². The van der Waals surface area contributed by atoms with Crippen LogP contribution < -0.4 is 14.4 Å². The molecule has 5 heterocycles. The van der Waals surface area contributed by atoms with E-state index in [1.807, 2.05) is 12.1 Å². The van der Waals surface area contributed by atoms with Crippen LogP contribution >= 0.6 is 0 Å². The minimum atomic E-state index is -3.99. The number of rotatable bonds is 6. The first-order valence-electron chi connectivity index (χ1n) is 10.8. The fourth-order valence-corrected chi connectivity index (χ4v) is 5.22. The Morgan fingerprint density at radius 2 is 1.97 bits per heavy atom. The largest absolute Gasteiger partial charge is 0.479 e. The van der Waals surface area contributed by atoms with Crippen molar-refractivity contribution >= 4 is 32.3 Å². The number of sulfonamides is 1. The number of hydrogen-bond donors (Lipinski definition) is 1. The molecular formula is C22H26N8O3S. The number of fused-ring (bicyclic) bond motifs is 1. The zero-order valence-corrected chi connectivity index (χ0v) is 20.2. The molecule has 178 valence electrons. The summed E-state index contributed by atoms with van der Waals surface area (Å²) >= 11 is 0. The van der Waals surface area contributed by atoms with Crippen molar-refractivity contribution in [1.29, 1.82) is 0 Å². The number of hydrogen-bond acceptors (Lipinski definition) is 8. The van der Waals surface area contributed by atoms with Crippen molar-refractivity contribution < 1.29 is 13.2 Å². The van der Waals surface area contributed by atoms with E-state index in [1.54, 1.807) is 30.3 Å². The topological polar surface area (TPSA) is 120 Å². The van der Waals surface area contributed by atoms with Crippen LogP contribution in [0.1, 0.15) is 20.3 Å². The Morgan fingerprint density at radius 1 is 1.15 bits per heavy atom. The van der Waals surface area contributed by atoms with E-state index in [-0.39, 0.29) is 21.9 Å². The number of nitrogens with one attached hydrogen (secondary N) is 1. The highest BCUT2D eigenvalue weighted by atomic mass is 32.2. The molecule has 34 heavy (non-hydrogen) atoms. The summed E-state index contributed by atoms with van der Waals surface area (Å²) < 4.78 is 37.4. The minimum absolute atomic E-state index is 0.0109. The van der Waals surface area contributed by atoms with Gasteiger partial charge in [0.05, 0.1) is 31.2 Å². The van der Waals surface area contributed by atoms with Crippen molar-refractivity contribution in [3.05, 3.63) is 43.1 Å². The maximum atomic E-state index is 13.2. The maximum Gasteiger partial charge on any atom is 0.265 e. The second-order valence-electron chi connectivity index (χ2n) is 9.15. The molecule has 0 aromatic carbocycles. The van der Waals surface area contributed by atoms with Crippen LogP contribution in [0.4, 0.5) is 11.4 Å². The first-order chi connectivity index (χ1) is 16.2. The second-order valence-corrected chi connectivity index (χ2v) is 10.8. The summed E-state index contributed by atoms with van der Waals surface area (Å²) in [5, 5.41) is 9.12. The molecule has 4 aromatic rings. The molecule has 1 saturated heterocycles. The lowest BCUT2D eigenvalue weighted by molar-refractivity contribution is 0.400. The highest BCUT2D eigenvalue weighted by Gasteiger charge is 2.29. The molecule has 1 fully saturated rings. The molecule has 0 amide bonds. The van der Waals surface area contributed by atoms with E-state index < -0.39 is 10.0 Å². The van der Waals surface area contributed by atoms with Crippen molar-refractivity contribution in [3.63, 3.8) is 0 Å². The summed E-state index contributed by atoms with van der Waals surface area (Å²) in [6.45, 7) is 6.43. The van der Waals surface area contributed by atoms with Gasteiger partial charge in [0.2, 0.25) is 5.88 Å². The molecule has 4 aromatic heterocycles. The fourth-order valence-electron chi connectivity index (χ4n) is 4.22. The molecule has 5 rings (SSSR count). The monoisotopic (exact) mass is 482 g/mol. The normalized spacial score (nSPS) is 15.7. The van der Waals surface area contributed by atoms with Crippen molar-refractivity contribution in [2.75, 3.05) is 29.8 Å². The first-order valence-corrected chi connectivity index (χ1v) is 12.3. The predicted molar refractivity (Wildman–Crippen MR) is 128 cm³/mol.